The van der Waals surface area contributed by atoms with Gasteiger partial charge in [0.1, 0.15) is 22.8 Å². The Kier molecular flexibility index (Phi) is 11.2. The first-order chi connectivity index (χ1) is 22.2. The maximum atomic E-state index is 13.5. The number of nitro groups is 1. The second kappa shape index (κ2) is 13.7. The minimum atomic E-state index is -1.72. The molecule has 0 fully saturated rings. The summed E-state index contributed by atoms with van der Waals surface area (Å²) in [5.74, 6) is 1.36. The molecule has 268 valence electrons. The van der Waals surface area contributed by atoms with Crippen molar-refractivity contribution in [1.82, 2.24) is 0 Å². The maximum Gasteiger partial charge on any atom is 0.271 e. The third-order valence-electron chi connectivity index (χ3n) is 9.03. The summed E-state index contributed by atoms with van der Waals surface area (Å²) in [4.78, 5) is 15.9. The van der Waals surface area contributed by atoms with Gasteiger partial charge in [0, 0.05) is 46.2 Å². The van der Waals surface area contributed by atoms with Crippen LogP contribution in [-0.2, 0) is 27.3 Å². The van der Waals surface area contributed by atoms with Gasteiger partial charge < -0.3 is 19.7 Å². The number of nitro benzene ring substituents is 1. The molecule has 0 amide bonds. The molecule has 0 spiro atoms. The normalized spacial score (nSPS) is 13.9. The number of hydrogen-bond donors (Lipinski definition) is 2. The lowest BCUT2D eigenvalue weighted by Crippen LogP contribution is -2.39. The van der Waals surface area contributed by atoms with E-state index in [0.717, 1.165) is 33.8 Å². The van der Waals surface area contributed by atoms with Crippen molar-refractivity contribution in [2.24, 2.45) is 4.99 Å². The van der Waals surface area contributed by atoms with Gasteiger partial charge in [-0.2, -0.15) is 0 Å². The van der Waals surface area contributed by atoms with Gasteiger partial charge in [0.25, 0.3) is 5.69 Å². The van der Waals surface area contributed by atoms with Crippen LogP contribution in [0.15, 0.2) is 45.9 Å². The first-order valence-electron chi connectivity index (χ1n) is 16.6. The molecule has 0 radical (unpaired) electrons. The van der Waals surface area contributed by atoms with Crippen LogP contribution in [0, 0.1) is 10.1 Å². The standard InChI is InChI=1S/C40H55BrN2O6/c1-23(42-22-24-16-27(43(46)47)21-32(41)33(24)44)40(45,25-17-28(36(2,3)4)34(48-14)29(18-25)37(5,6)7)26-19-30(38(8,9)10)35(49-15)31(20-26)39(11,12)13/h16-23,44-45H,1-15H3. The van der Waals surface area contributed by atoms with Crippen LogP contribution in [-0.4, -0.2) is 41.6 Å². The van der Waals surface area contributed by atoms with Crippen molar-refractivity contribution in [2.45, 2.75) is 123 Å². The van der Waals surface area contributed by atoms with Crippen molar-refractivity contribution in [3.8, 4) is 17.2 Å². The molecule has 0 aliphatic rings. The number of nitrogens with zero attached hydrogens (tertiary/aromatic N) is 2. The van der Waals surface area contributed by atoms with E-state index in [0.29, 0.717) is 11.1 Å². The smallest absolute Gasteiger partial charge is 0.271 e. The van der Waals surface area contributed by atoms with Crippen LogP contribution in [0.1, 0.15) is 129 Å². The number of hydrogen-bond acceptors (Lipinski definition) is 7. The number of non-ortho nitro benzene ring substituents is 1. The molecule has 0 bridgehead atoms. The molecule has 0 aromatic heterocycles. The topological polar surface area (TPSA) is 114 Å². The van der Waals surface area contributed by atoms with Crippen LogP contribution in [0.5, 0.6) is 17.2 Å². The number of aliphatic hydroxyl groups is 1. The Morgan fingerprint density at radius 1 is 0.735 bits per heavy atom. The Balaban J connectivity index is 2.58. The maximum absolute atomic E-state index is 13.5. The lowest BCUT2D eigenvalue weighted by molar-refractivity contribution is -0.385. The van der Waals surface area contributed by atoms with E-state index in [1.165, 1.54) is 18.3 Å². The molecule has 3 aromatic carbocycles. The highest BCUT2D eigenvalue weighted by Gasteiger charge is 2.43. The van der Waals surface area contributed by atoms with Crippen LogP contribution >= 0.6 is 15.9 Å². The Bertz CT molecular complexity index is 1600. The number of aromatic hydroxyl groups is 1. The van der Waals surface area contributed by atoms with E-state index in [1.54, 1.807) is 14.2 Å². The predicted octanol–water partition coefficient (Wildman–Crippen LogP) is 10.0. The van der Waals surface area contributed by atoms with E-state index in [1.807, 2.05) is 31.2 Å². The Hall–Kier alpha value is -3.43. The highest BCUT2D eigenvalue weighted by atomic mass is 79.9. The Labute approximate surface area is 301 Å². The number of aliphatic imine (C=N–C) groups is 1. The van der Waals surface area contributed by atoms with E-state index in [-0.39, 0.29) is 43.1 Å². The van der Waals surface area contributed by atoms with Gasteiger partial charge in [0.05, 0.1) is 29.7 Å². The Morgan fingerprint density at radius 3 is 1.37 bits per heavy atom. The van der Waals surface area contributed by atoms with E-state index in [2.05, 4.69) is 99.0 Å². The van der Waals surface area contributed by atoms with E-state index in [4.69, 9.17) is 14.5 Å². The summed E-state index contributed by atoms with van der Waals surface area (Å²) in [5, 5.41) is 35.9. The first-order valence-corrected chi connectivity index (χ1v) is 17.4. The summed E-state index contributed by atoms with van der Waals surface area (Å²) in [7, 11) is 3.36. The molecular formula is C40H55BrN2O6. The van der Waals surface area contributed by atoms with Gasteiger partial charge in [-0.3, -0.25) is 15.1 Å². The largest absolute Gasteiger partial charge is 0.506 e. The second-order valence-electron chi connectivity index (χ2n) is 17.1. The van der Waals surface area contributed by atoms with Crippen LogP contribution in [0.4, 0.5) is 5.69 Å². The van der Waals surface area contributed by atoms with Gasteiger partial charge in [0.2, 0.25) is 0 Å². The molecule has 2 N–H and O–H groups in total. The van der Waals surface area contributed by atoms with Gasteiger partial charge in [-0.05, 0) is 79.9 Å². The van der Waals surface area contributed by atoms with E-state index in [9.17, 15) is 20.3 Å². The molecule has 3 aromatic rings. The molecule has 9 heteroatoms. The quantitative estimate of drug-likeness (QED) is 0.135. The summed E-state index contributed by atoms with van der Waals surface area (Å²) in [6, 6.07) is 9.72. The fourth-order valence-electron chi connectivity index (χ4n) is 6.12. The van der Waals surface area contributed by atoms with Gasteiger partial charge in [-0.15, -0.1) is 0 Å². The molecule has 3 rings (SSSR count). The summed E-state index contributed by atoms with van der Waals surface area (Å²) < 4.78 is 12.3. The van der Waals surface area contributed by atoms with Crippen LogP contribution < -0.4 is 9.47 Å². The highest BCUT2D eigenvalue weighted by molar-refractivity contribution is 9.10. The third kappa shape index (κ3) is 8.15. The van der Waals surface area contributed by atoms with Gasteiger partial charge >= 0.3 is 0 Å². The molecule has 1 unspecified atom stereocenters. The zero-order chi connectivity index (χ0) is 37.7. The van der Waals surface area contributed by atoms with Gasteiger partial charge in [0.15, 0.2) is 0 Å². The van der Waals surface area contributed by atoms with Crippen molar-refractivity contribution in [1.29, 1.82) is 0 Å². The molecule has 8 nitrogen and oxygen atoms in total. The highest BCUT2D eigenvalue weighted by Crippen LogP contribution is 2.48. The molecule has 49 heavy (non-hydrogen) atoms. The molecule has 0 saturated carbocycles. The van der Waals surface area contributed by atoms with Crippen molar-refractivity contribution < 1.29 is 24.6 Å². The van der Waals surface area contributed by atoms with Gasteiger partial charge in [-0.1, -0.05) is 83.1 Å². The summed E-state index contributed by atoms with van der Waals surface area (Å²) in [6.07, 6.45) is 1.39. The number of methoxy groups -OCH3 is 2. The average Bonchev–Trinajstić information content (AvgIpc) is 2.97. The van der Waals surface area contributed by atoms with E-state index < -0.39 is 16.6 Å². The fraction of sp³-hybridized carbons (Fsp3) is 0.525. The second-order valence-corrected chi connectivity index (χ2v) is 17.9. The van der Waals surface area contributed by atoms with Crippen LogP contribution in [0.2, 0.25) is 0 Å². The lowest BCUT2D eigenvalue weighted by atomic mass is 9.71. The third-order valence-corrected chi connectivity index (χ3v) is 9.63. The van der Waals surface area contributed by atoms with Crippen molar-refractivity contribution >= 4 is 27.8 Å². The van der Waals surface area contributed by atoms with Crippen LogP contribution in [0.25, 0.3) is 0 Å². The molecule has 0 heterocycles. The molecular weight excluding hydrogens is 684 g/mol. The SMILES string of the molecule is COc1c(C(C)(C)C)cc(C(O)(c2cc(C(C)(C)C)c(OC)c(C(C)(C)C)c2)C(C)N=Cc2cc([N+](=O)[O-])cc(Br)c2O)cc1C(C)(C)C. The monoisotopic (exact) mass is 738 g/mol. The zero-order valence-electron chi connectivity index (χ0n) is 31.9. The van der Waals surface area contributed by atoms with E-state index >= 15 is 0 Å². The zero-order valence-corrected chi connectivity index (χ0v) is 33.5. The predicted molar refractivity (Wildman–Crippen MR) is 203 cm³/mol. The van der Waals surface area contributed by atoms with Gasteiger partial charge in [-0.25, -0.2) is 0 Å². The van der Waals surface area contributed by atoms with Crippen molar-refractivity contribution in [3.63, 3.8) is 0 Å². The lowest BCUT2D eigenvalue weighted by Gasteiger charge is -2.39. The Morgan fingerprint density at radius 2 is 1.08 bits per heavy atom. The van der Waals surface area contributed by atoms with Crippen molar-refractivity contribution in [3.05, 3.63) is 89.9 Å². The minimum Gasteiger partial charge on any atom is -0.506 e. The number of halogens is 1. The fourth-order valence-corrected chi connectivity index (χ4v) is 6.59. The first kappa shape index (κ1) is 40.0. The molecule has 0 saturated heterocycles. The number of phenols is 1. The average molecular weight is 740 g/mol. The van der Waals surface area contributed by atoms with Crippen LogP contribution in [0.3, 0.4) is 0 Å². The summed E-state index contributed by atoms with van der Waals surface area (Å²) in [5.41, 5.74) is 1.86. The number of ether oxygens (including phenoxy) is 2. The number of phenolic OH excluding ortho intramolecular Hbond substituents is 1. The summed E-state index contributed by atoms with van der Waals surface area (Å²) in [6.45, 7) is 27.2. The molecule has 0 aliphatic heterocycles. The molecule has 1 atom stereocenters. The molecule has 0 aliphatic carbocycles. The number of rotatable bonds is 8. The number of benzene rings is 3. The minimum absolute atomic E-state index is 0.149. The van der Waals surface area contributed by atoms with Crippen molar-refractivity contribution in [2.75, 3.05) is 14.2 Å². The summed E-state index contributed by atoms with van der Waals surface area (Å²) >= 11 is 3.23.